The van der Waals surface area contributed by atoms with Crippen LogP contribution in [0.1, 0.15) is 52.0 Å². The number of H-pyrrole nitrogens is 1. The fraction of sp³-hybridized carbons (Fsp3) is 0.304. The molecule has 1 aliphatic carbocycles. The third kappa shape index (κ3) is 4.28. The molecule has 0 spiro atoms. The zero-order valence-electron chi connectivity index (χ0n) is 17.6. The zero-order valence-corrected chi connectivity index (χ0v) is 17.6. The molecule has 3 aromatic rings. The number of fused-ring (bicyclic) bond motifs is 1. The number of esters is 2. The summed E-state index contributed by atoms with van der Waals surface area (Å²) in [4.78, 5) is 43.0. The van der Waals surface area contributed by atoms with E-state index in [-0.39, 0.29) is 23.6 Å². The Bertz CT molecular complexity index is 1260. The molecule has 0 bridgehead atoms. The highest BCUT2D eigenvalue weighted by atomic mass is 16.5. The molecule has 31 heavy (non-hydrogen) atoms. The molecule has 1 aromatic carbocycles. The number of aromatic amines is 1. The molecule has 2 heterocycles. The van der Waals surface area contributed by atoms with Crippen molar-refractivity contribution in [2.75, 3.05) is 7.11 Å². The maximum atomic E-state index is 12.3. The van der Waals surface area contributed by atoms with E-state index in [0.717, 1.165) is 11.3 Å². The number of rotatable bonds is 6. The van der Waals surface area contributed by atoms with Crippen LogP contribution in [0.2, 0.25) is 0 Å². The van der Waals surface area contributed by atoms with Gasteiger partial charge in [-0.2, -0.15) is 0 Å². The van der Waals surface area contributed by atoms with Crippen LogP contribution in [-0.4, -0.2) is 33.6 Å². The molecular weight excluding hydrogens is 398 g/mol. The van der Waals surface area contributed by atoms with Gasteiger partial charge in [-0.1, -0.05) is 0 Å². The number of aromatic nitrogens is 3. The van der Waals surface area contributed by atoms with E-state index in [1.54, 1.807) is 6.08 Å². The number of ether oxygens (including phenoxy) is 2. The number of carbonyl (C=O) groups excluding carboxylic acids is 2. The average molecular weight is 421 g/mol. The van der Waals surface area contributed by atoms with E-state index in [1.165, 1.54) is 49.9 Å². The summed E-state index contributed by atoms with van der Waals surface area (Å²) in [7, 11) is 1.28. The summed E-state index contributed by atoms with van der Waals surface area (Å²) in [5.41, 5.74) is 3.51. The highest BCUT2D eigenvalue weighted by Crippen LogP contribution is 2.38. The van der Waals surface area contributed by atoms with Crippen molar-refractivity contribution in [3.05, 3.63) is 69.0 Å². The first kappa shape index (κ1) is 20.6. The SMILES string of the molecule is COC(=O)c1ccc2c(=O)[nH]c(COC(=O)/C=C/c3cc(C)n(C4CC4)c3C)nc2c1. The van der Waals surface area contributed by atoms with Gasteiger partial charge in [0.15, 0.2) is 0 Å². The highest BCUT2D eigenvalue weighted by molar-refractivity contribution is 5.94. The average Bonchev–Trinajstić information content (AvgIpc) is 3.54. The maximum Gasteiger partial charge on any atom is 0.337 e. The fourth-order valence-electron chi connectivity index (χ4n) is 3.71. The second-order valence-corrected chi connectivity index (χ2v) is 7.60. The van der Waals surface area contributed by atoms with E-state index >= 15 is 0 Å². The smallest absolute Gasteiger partial charge is 0.337 e. The van der Waals surface area contributed by atoms with E-state index in [2.05, 4.69) is 27.5 Å². The minimum atomic E-state index is -0.540. The summed E-state index contributed by atoms with van der Waals surface area (Å²) in [6, 6.07) is 7.10. The minimum Gasteiger partial charge on any atom is -0.465 e. The number of methoxy groups -OCH3 is 1. The van der Waals surface area contributed by atoms with Gasteiger partial charge in [0.05, 0.1) is 23.6 Å². The van der Waals surface area contributed by atoms with Gasteiger partial charge in [-0.15, -0.1) is 0 Å². The maximum absolute atomic E-state index is 12.3. The van der Waals surface area contributed by atoms with Crippen LogP contribution in [0.5, 0.6) is 0 Å². The van der Waals surface area contributed by atoms with Gasteiger partial charge in [0.25, 0.3) is 5.56 Å². The molecule has 0 amide bonds. The topological polar surface area (TPSA) is 103 Å². The van der Waals surface area contributed by atoms with Gasteiger partial charge in [-0.25, -0.2) is 14.6 Å². The van der Waals surface area contributed by atoms with E-state index in [9.17, 15) is 14.4 Å². The molecule has 0 unspecified atom stereocenters. The van der Waals surface area contributed by atoms with Gasteiger partial charge in [0, 0.05) is 23.5 Å². The molecule has 160 valence electrons. The minimum absolute atomic E-state index is 0.188. The largest absolute Gasteiger partial charge is 0.465 e. The second-order valence-electron chi connectivity index (χ2n) is 7.60. The first-order valence-corrected chi connectivity index (χ1v) is 10.0. The van der Waals surface area contributed by atoms with Crippen molar-refractivity contribution in [2.45, 2.75) is 39.3 Å². The Kier molecular flexibility index (Phi) is 5.46. The lowest BCUT2D eigenvalue weighted by Gasteiger charge is -2.06. The van der Waals surface area contributed by atoms with Gasteiger partial charge < -0.3 is 19.0 Å². The van der Waals surface area contributed by atoms with Crippen molar-refractivity contribution in [1.82, 2.24) is 14.5 Å². The van der Waals surface area contributed by atoms with Crippen molar-refractivity contribution < 1.29 is 19.1 Å². The number of benzene rings is 1. The highest BCUT2D eigenvalue weighted by Gasteiger charge is 2.26. The van der Waals surface area contributed by atoms with Crippen LogP contribution in [0.15, 0.2) is 35.1 Å². The zero-order chi connectivity index (χ0) is 22.1. The van der Waals surface area contributed by atoms with Gasteiger partial charge in [-0.3, -0.25) is 4.79 Å². The van der Waals surface area contributed by atoms with Crippen molar-refractivity contribution in [1.29, 1.82) is 0 Å². The van der Waals surface area contributed by atoms with Crippen LogP contribution in [0, 0.1) is 13.8 Å². The number of nitrogens with zero attached hydrogens (tertiary/aromatic N) is 2. The molecule has 1 aliphatic rings. The van der Waals surface area contributed by atoms with E-state index in [1.807, 2.05) is 6.92 Å². The van der Waals surface area contributed by atoms with Gasteiger partial charge in [0.1, 0.15) is 12.4 Å². The van der Waals surface area contributed by atoms with Crippen molar-refractivity contribution in [3.8, 4) is 0 Å². The molecule has 0 aliphatic heterocycles. The van der Waals surface area contributed by atoms with Crippen molar-refractivity contribution >= 4 is 28.9 Å². The Hall–Kier alpha value is -3.68. The van der Waals surface area contributed by atoms with Crippen molar-refractivity contribution in [2.24, 2.45) is 0 Å². The summed E-state index contributed by atoms with van der Waals surface area (Å²) < 4.78 is 12.2. The molecule has 1 N–H and O–H groups in total. The molecule has 8 heteroatoms. The third-order valence-electron chi connectivity index (χ3n) is 5.36. The predicted octanol–water partition coefficient (Wildman–Crippen LogP) is 3.22. The summed E-state index contributed by atoms with van der Waals surface area (Å²) in [6.07, 6.45) is 5.50. The molecule has 0 atom stereocenters. The Morgan fingerprint density at radius 1 is 1.26 bits per heavy atom. The number of carbonyl (C=O) groups is 2. The van der Waals surface area contributed by atoms with Crippen LogP contribution >= 0.6 is 0 Å². The predicted molar refractivity (Wildman–Crippen MR) is 115 cm³/mol. The Labute approximate surface area is 178 Å². The molecule has 8 nitrogen and oxygen atoms in total. The first-order valence-electron chi connectivity index (χ1n) is 10.0. The molecule has 1 fully saturated rings. The summed E-state index contributed by atoms with van der Waals surface area (Å²) in [6.45, 7) is 3.91. The summed E-state index contributed by atoms with van der Waals surface area (Å²) in [5, 5.41) is 0.327. The Morgan fingerprint density at radius 3 is 2.74 bits per heavy atom. The number of aryl methyl sites for hydroxylation is 1. The van der Waals surface area contributed by atoms with Crippen LogP contribution in [0.4, 0.5) is 0 Å². The summed E-state index contributed by atoms with van der Waals surface area (Å²) >= 11 is 0. The number of hydrogen-bond acceptors (Lipinski definition) is 6. The number of hydrogen-bond donors (Lipinski definition) is 1. The van der Waals surface area contributed by atoms with E-state index in [0.29, 0.717) is 16.9 Å². The van der Waals surface area contributed by atoms with Crippen molar-refractivity contribution in [3.63, 3.8) is 0 Å². The standard InChI is InChI=1S/C23H23N3O5/c1-13-10-15(14(2)26(13)17-6-7-17)5-9-21(27)31-12-20-24-19-11-16(23(29)30-3)4-8-18(19)22(28)25-20/h4-5,8-11,17H,6-7,12H2,1-3H3,(H,24,25,28)/b9-5+. The van der Waals surface area contributed by atoms with Crippen LogP contribution in [0.25, 0.3) is 17.0 Å². The van der Waals surface area contributed by atoms with Gasteiger partial charge in [0.2, 0.25) is 0 Å². The molecule has 0 saturated heterocycles. The van der Waals surface area contributed by atoms with E-state index < -0.39 is 11.9 Å². The van der Waals surface area contributed by atoms with E-state index in [4.69, 9.17) is 9.47 Å². The molecule has 0 radical (unpaired) electrons. The normalized spacial score (nSPS) is 13.6. The molecule has 2 aromatic heterocycles. The van der Waals surface area contributed by atoms with Crippen LogP contribution < -0.4 is 5.56 Å². The lowest BCUT2D eigenvalue weighted by atomic mass is 10.1. The molecular formula is C23H23N3O5. The summed E-state index contributed by atoms with van der Waals surface area (Å²) in [5.74, 6) is -0.876. The Morgan fingerprint density at radius 2 is 2.03 bits per heavy atom. The number of nitrogens with one attached hydrogen (secondary N) is 1. The third-order valence-corrected chi connectivity index (χ3v) is 5.36. The Balaban J connectivity index is 1.46. The van der Waals surface area contributed by atoms with Crippen LogP contribution in [0.3, 0.4) is 0 Å². The molecule has 1 saturated carbocycles. The first-order chi connectivity index (χ1) is 14.9. The molecule has 4 rings (SSSR count). The lowest BCUT2D eigenvalue weighted by Crippen LogP contribution is -2.14. The lowest BCUT2D eigenvalue weighted by molar-refractivity contribution is -0.139. The quantitative estimate of drug-likeness (QED) is 0.484. The second kappa shape index (κ2) is 8.22. The monoisotopic (exact) mass is 421 g/mol. The van der Waals surface area contributed by atoms with Gasteiger partial charge >= 0.3 is 11.9 Å². The fourth-order valence-corrected chi connectivity index (χ4v) is 3.71. The van der Waals surface area contributed by atoms with Crippen LogP contribution in [-0.2, 0) is 20.9 Å². The van der Waals surface area contributed by atoms with Gasteiger partial charge in [-0.05, 0) is 62.6 Å².